The summed E-state index contributed by atoms with van der Waals surface area (Å²) in [4.78, 5) is 22.7. The topological polar surface area (TPSA) is 70.2 Å². The van der Waals surface area contributed by atoms with Gasteiger partial charge in [-0.25, -0.2) is 19.2 Å². The van der Waals surface area contributed by atoms with Gasteiger partial charge < -0.3 is 15.5 Å². The predicted molar refractivity (Wildman–Crippen MR) is 103 cm³/mol. The highest BCUT2D eigenvalue weighted by Crippen LogP contribution is 2.26. The molecule has 0 bridgehead atoms. The molecule has 7 heteroatoms. The summed E-state index contributed by atoms with van der Waals surface area (Å²) in [5, 5.41) is 6.57. The number of benzene rings is 2. The fraction of sp³-hybridized carbons (Fsp3) is 0.250. The van der Waals surface area contributed by atoms with Crippen molar-refractivity contribution in [2.75, 3.05) is 23.3 Å². The Morgan fingerprint density at radius 1 is 1.04 bits per heavy atom. The highest BCUT2D eigenvalue weighted by atomic mass is 19.1. The van der Waals surface area contributed by atoms with Gasteiger partial charge in [-0.15, -0.1) is 0 Å². The first-order valence-corrected chi connectivity index (χ1v) is 8.97. The lowest BCUT2D eigenvalue weighted by Crippen LogP contribution is -2.46. The van der Waals surface area contributed by atoms with Gasteiger partial charge in [0.05, 0.1) is 0 Å². The molecule has 138 valence electrons. The number of para-hydroxylation sites is 2. The standard InChI is InChI=1S/C20H20FN5O/c21-17-8-4-7-16-18(17)22-13-23-19(16)26-11-9-15(10-12-26)25-20(27)24-14-5-2-1-3-6-14/h1-8,13,15H,9-12H2,(H2,24,25,27). The predicted octanol–water partition coefficient (Wildman–Crippen LogP) is 3.56. The molecule has 2 aromatic carbocycles. The van der Waals surface area contributed by atoms with Gasteiger partial charge in [0, 0.05) is 30.2 Å². The number of carbonyl (C=O) groups is 1. The van der Waals surface area contributed by atoms with Gasteiger partial charge in [0.25, 0.3) is 0 Å². The molecule has 0 unspecified atom stereocenters. The number of aromatic nitrogens is 2. The van der Waals surface area contributed by atoms with E-state index in [1.54, 1.807) is 6.07 Å². The van der Waals surface area contributed by atoms with Gasteiger partial charge >= 0.3 is 6.03 Å². The number of nitrogens with zero attached hydrogens (tertiary/aromatic N) is 3. The van der Waals surface area contributed by atoms with Gasteiger partial charge in [-0.2, -0.15) is 0 Å². The highest BCUT2D eigenvalue weighted by molar-refractivity contribution is 5.90. The molecule has 0 atom stereocenters. The van der Waals surface area contributed by atoms with Crippen molar-refractivity contribution in [3.8, 4) is 0 Å². The quantitative estimate of drug-likeness (QED) is 0.745. The molecule has 1 aliphatic rings. The van der Waals surface area contributed by atoms with Crippen LogP contribution in [0.5, 0.6) is 0 Å². The first kappa shape index (κ1) is 17.2. The molecule has 1 saturated heterocycles. The Kier molecular flexibility index (Phi) is 4.82. The number of halogens is 1. The Morgan fingerprint density at radius 3 is 2.59 bits per heavy atom. The minimum Gasteiger partial charge on any atom is -0.356 e. The average molecular weight is 365 g/mol. The molecule has 2 amide bonds. The van der Waals surface area contributed by atoms with Gasteiger partial charge in [0.2, 0.25) is 0 Å². The Labute approximate surface area is 156 Å². The lowest BCUT2D eigenvalue weighted by molar-refractivity contribution is 0.246. The fourth-order valence-corrected chi connectivity index (χ4v) is 3.40. The monoisotopic (exact) mass is 365 g/mol. The molecule has 4 rings (SSSR count). The molecule has 1 fully saturated rings. The first-order chi connectivity index (χ1) is 13.2. The van der Waals surface area contributed by atoms with Crippen molar-refractivity contribution < 1.29 is 9.18 Å². The van der Waals surface area contributed by atoms with Crippen LogP contribution in [0.2, 0.25) is 0 Å². The summed E-state index contributed by atoms with van der Waals surface area (Å²) in [5.41, 5.74) is 1.10. The van der Waals surface area contributed by atoms with Crippen LogP contribution in [0.15, 0.2) is 54.9 Å². The van der Waals surface area contributed by atoms with Crippen molar-refractivity contribution >= 4 is 28.4 Å². The zero-order valence-electron chi connectivity index (χ0n) is 14.7. The van der Waals surface area contributed by atoms with E-state index >= 15 is 0 Å². The van der Waals surface area contributed by atoms with Crippen LogP contribution in [-0.2, 0) is 0 Å². The van der Waals surface area contributed by atoms with Crippen LogP contribution in [0.4, 0.5) is 20.7 Å². The number of nitrogens with one attached hydrogen (secondary N) is 2. The first-order valence-electron chi connectivity index (χ1n) is 8.97. The molecule has 6 nitrogen and oxygen atoms in total. The van der Waals surface area contributed by atoms with Crippen LogP contribution in [0, 0.1) is 5.82 Å². The van der Waals surface area contributed by atoms with Gasteiger partial charge in [-0.3, -0.25) is 0 Å². The molecular weight excluding hydrogens is 345 g/mol. The van der Waals surface area contributed by atoms with Crippen molar-refractivity contribution in [1.29, 1.82) is 0 Å². The summed E-state index contributed by atoms with van der Waals surface area (Å²) >= 11 is 0. The third-order valence-electron chi connectivity index (χ3n) is 4.76. The van der Waals surface area contributed by atoms with Crippen molar-refractivity contribution in [2.45, 2.75) is 18.9 Å². The number of carbonyl (C=O) groups excluding carboxylic acids is 1. The number of hydrogen-bond acceptors (Lipinski definition) is 4. The summed E-state index contributed by atoms with van der Waals surface area (Å²) in [7, 11) is 0. The molecule has 27 heavy (non-hydrogen) atoms. The number of amides is 2. The molecule has 0 spiro atoms. The molecule has 0 aliphatic carbocycles. The molecular formula is C20H20FN5O. The largest absolute Gasteiger partial charge is 0.356 e. The lowest BCUT2D eigenvalue weighted by atomic mass is 10.0. The third kappa shape index (κ3) is 3.81. The number of rotatable bonds is 3. The Balaban J connectivity index is 1.38. The van der Waals surface area contributed by atoms with Crippen molar-refractivity contribution in [3.63, 3.8) is 0 Å². The zero-order chi connectivity index (χ0) is 18.6. The van der Waals surface area contributed by atoms with E-state index in [2.05, 4.69) is 25.5 Å². The molecule has 1 aliphatic heterocycles. The minimum absolute atomic E-state index is 0.0924. The molecule has 2 heterocycles. The summed E-state index contributed by atoms with van der Waals surface area (Å²) < 4.78 is 14.0. The maximum absolute atomic E-state index is 14.0. The lowest BCUT2D eigenvalue weighted by Gasteiger charge is -2.33. The molecule has 0 saturated carbocycles. The SMILES string of the molecule is O=C(Nc1ccccc1)NC1CCN(c2ncnc3c(F)cccc23)CC1. The second-order valence-electron chi connectivity index (χ2n) is 6.56. The molecule has 0 radical (unpaired) electrons. The van der Waals surface area contributed by atoms with Crippen LogP contribution < -0.4 is 15.5 Å². The number of piperidine rings is 1. The van der Waals surface area contributed by atoms with Crippen LogP contribution in [0.1, 0.15) is 12.8 Å². The van der Waals surface area contributed by atoms with Crippen molar-refractivity contribution in [3.05, 3.63) is 60.7 Å². The summed E-state index contributed by atoms with van der Waals surface area (Å²) in [6.07, 6.45) is 2.99. The van der Waals surface area contributed by atoms with E-state index < -0.39 is 0 Å². The van der Waals surface area contributed by atoms with Crippen LogP contribution in [0.25, 0.3) is 10.9 Å². The van der Waals surface area contributed by atoms with Crippen molar-refractivity contribution in [1.82, 2.24) is 15.3 Å². The highest BCUT2D eigenvalue weighted by Gasteiger charge is 2.23. The average Bonchev–Trinajstić information content (AvgIpc) is 2.69. The summed E-state index contributed by atoms with van der Waals surface area (Å²) in [5.74, 6) is 0.400. The van der Waals surface area contributed by atoms with E-state index in [0.29, 0.717) is 10.9 Å². The van der Waals surface area contributed by atoms with Crippen LogP contribution in [-0.4, -0.2) is 35.1 Å². The molecule has 3 aromatic rings. The smallest absolute Gasteiger partial charge is 0.319 e. The van der Waals surface area contributed by atoms with Gasteiger partial charge in [0.1, 0.15) is 23.5 Å². The molecule has 1 aromatic heterocycles. The van der Waals surface area contributed by atoms with Gasteiger partial charge in [-0.1, -0.05) is 24.3 Å². The summed E-state index contributed by atoms with van der Waals surface area (Å²) in [6.45, 7) is 1.47. The van der Waals surface area contributed by atoms with E-state index in [-0.39, 0.29) is 17.9 Å². The second kappa shape index (κ2) is 7.57. The summed E-state index contributed by atoms with van der Waals surface area (Å²) in [6, 6.07) is 14.2. The fourth-order valence-electron chi connectivity index (χ4n) is 3.40. The third-order valence-corrected chi connectivity index (χ3v) is 4.76. The van der Waals surface area contributed by atoms with E-state index in [9.17, 15) is 9.18 Å². The van der Waals surface area contributed by atoms with Crippen molar-refractivity contribution in [2.24, 2.45) is 0 Å². The zero-order valence-corrected chi connectivity index (χ0v) is 14.7. The Morgan fingerprint density at radius 2 is 1.81 bits per heavy atom. The number of urea groups is 1. The number of fused-ring (bicyclic) bond motifs is 1. The maximum Gasteiger partial charge on any atom is 0.319 e. The van der Waals surface area contributed by atoms with E-state index in [1.807, 2.05) is 36.4 Å². The van der Waals surface area contributed by atoms with E-state index in [0.717, 1.165) is 37.4 Å². The minimum atomic E-state index is -0.342. The number of anilines is 2. The number of hydrogen-bond donors (Lipinski definition) is 2. The molecule has 2 N–H and O–H groups in total. The normalized spacial score (nSPS) is 14.9. The van der Waals surface area contributed by atoms with Crippen LogP contribution >= 0.6 is 0 Å². The Bertz CT molecular complexity index is 942. The van der Waals surface area contributed by atoms with E-state index in [4.69, 9.17) is 0 Å². The van der Waals surface area contributed by atoms with Gasteiger partial charge in [-0.05, 0) is 37.1 Å². The van der Waals surface area contributed by atoms with Gasteiger partial charge in [0.15, 0.2) is 0 Å². The maximum atomic E-state index is 14.0. The second-order valence-corrected chi connectivity index (χ2v) is 6.56. The van der Waals surface area contributed by atoms with E-state index in [1.165, 1.54) is 12.4 Å². The Hall–Kier alpha value is -3.22. The van der Waals surface area contributed by atoms with Crippen LogP contribution in [0.3, 0.4) is 0 Å².